The molecule has 4 heteroatoms. The van der Waals surface area contributed by atoms with Crippen LogP contribution in [0.4, 0.5) is 0 Å². The Balaban J connectivity index is 1.94. The molecular weight excluding hydrogens is 216 g/mol. The minimum absolute atomic E-state index is 0.0154. The van der Waals surface area contributed by atoms with Crippen LogP contribution in [0.2, 0.25) is 0 Å². The van der Waals surface area contributed by atoms with Gasteiger partial charge in [0.2, 0.25) is 5.91 Å². The van der Waals surface area contributed by atoms with Gasteiger partial charge in [-0.25, -0.2) is 0 Å². The molecule has 1 aliphatic heterocycles. The molecule has 1 amide bonds. The highest BCUT2D eigenvalue weighted by Gasteiger charge is 2.18. The van der Waals surface area contributed by atoms with Crippen molar-refractivity contribution in [1.82, 2.24) is 10.6 Å². The average Bonchev–Trinajstić information content (AvgIpc) is 2.23. The van der Waals surface area contributed by atoms with Gasteiger partial charge in [-0.3, -0.25) is 4.79 Å². The van der Waals surface area contributed by atoms with Crippen LogP contribution in [0.25, 0.3) is 0 Å². The molecule has 17 heavy (non-hydrogen) atoms. The fourth-order valence-electron chi connectivity index (χ4n) is 1.76. The zero-order valence-electron chi connectivity index (χ0n) is 10.2. The number of ether oxygens (including phenoxy) is 1. The second-order valence-corrected chi connectivity index (χ2v) is 4.39. The Morgan fingerprint density at radius 1 is 1.41 bits per heavy atom. The summed E-state index contributed by atoms with van der Waals surface area (Å²) in [6, 6.07) is 7.91. The van der Waals surface area contributed by atoms with Gasteiger partial charge in [-0.1, -0.05) is 12.1 Å². The minimum Gasteiger partial charge on any atom is -0.488 e. The van der Waals surface area contributed by atoms with Crippen molar-refractivity contribution in [2.45, 2.75) is 26.0 Å². The summed E-state index contributed by atoms with van der Waals surface area (Å²) in [5, 5.41) is 6.01. The third kappa shape index (κ3) is 3.20. The van der Waals surface area contributed by atoms with E-state index in [9.17, 15) is 4.79 Å². The molecule has 2 rings (SSSR count). The fraction of sp³-hybridized carbons (Fsp3) is 0.462. The van der Waals surface area contributed by atoms with Gasteiger partial charge in [0, 0.05) is 20.0 Å². The smallest absolute Gasteiger partial charge is 0.217 e. The number of carbonyl (C=O) groups is 1. The second-order valence-electron chi connectivity index (χ2n) is 4.39. The Labute approximate surface area is 101 Å². The molecule has 2 N–H and O–H groups in total. The molecule has 1 aliphatic rings. The number of nitrogens with one attached hydrogen (secondary N) is 2. The third-order valence-electron chi connectivity index (χ3n) is 2.85. The van der Waals surface area contributed by atoms with Crippen LogP contribution in [0, 0.1) is 0 Å². The molecule has 1 aromatic carbocycles. The van der Waals surface area contributed by atoms with Crippen LogP contribution in [0.15, 0.2) is 24.3 Å². The molecule has 0 saturated carbocycles. The number of carbonyl (C=O) groups excluding carboxylic acids is 1. The van der Waals surface area contributed by atoms with E-state index in [2.05, 4.69) is 10.6 Å². The van der Waals surface area contributed by atoms with Gasteiger partial charge in [0.05, 0.1) is 6.04 Å². The van der Waals surface area contributed by atoms with Crippen LogP contribution in [0.3, 0.4) is 0 Å². The van der Waals surface area contributed by atoms with Crippen molar-refractivity contribution in [3.05, 3.63) is 29.8 Å². The Morgan fingerprint density at radius 3 is 2.53 bits per heavy atom. The first-order chi connectivity index (χ1) is 8.15. The maximum Gasteiger partial charge on any atom is 0.217 e. The lowest BCUT2D eigenvalue weighted by Gasteiger charge is -2.27. The largest absolute Gasteiger partial charge is 0.488 e. The molecule has 1 aromatic rings. The second kappa shape index (κ2) is 5.19. The molecular formula is C13H18N2O2. The van der Waals surface area contributed by atoms with Gasteiger partial charge in [-0.2, -0.15) is 0 Å². The Bertz CT molecular complexity index is 385. The summed E-state index contributed by atoms with van der Waals surface area (Å²) >= 11 is 0. The summed E-state index contributed by atoms with van der Waals surface area (Å²) < 4.78 is 5.72. The van der Waals surface area contributed by atoms with Gasteiger partial charge in [-0.05, 0) is 24.6 Å². The molecule has 0 unspecified atom stereocenters. The van der Waals surface area contributed by atoms with E-state index in [4.69, 9.17) is 4.74 Å². The molecule has 0 aliphatic carbocycles. The number of hydrogen-bond acceptors (Lipinski definition) is 3. The summed E-state index contributed by atoms with van der Waals surface area (Å²) in [6.45, 7) is 5.33. The van der Waals surface area contributed by atoms with Gasteiger partial charge >= 0.3 is 0 Å². The van der Waals surface area contributed by atoms with Crippen molar-refractivity contribution in [3.8, 4) is 5.75 Å². The van der Waals surface area contributed by atoms with Crippen molar-refractivity contribution < 1.29 is 9.53 Å². The van der Waals surface area contributed by atoms with Crippen molar-refractivity contribution in [1.29, 1.82) is 0 Å². The molecule has 0 spiro atoms. The van der Waals surface area contributed by atoms with E-state index in [1.54, 1.807) is 0 Å². The van der Waals surface area contributed by atoms with Gasteiger partial charge in [0.15, 0.2) is 0 Å². The Morgan fingerprint density at radius 2 is 2.06 bits per heavy atom. The zero-order chi connectivity index (χ0) is 12.3. The predicted octanol–water partition coefficient (Wildman–Crippen LogP) is 1.23. The van der Waals surface area contributed by atoms with Crippen LogP contribution in [0.5, 0.6) is 5.75 Å². The van der Waals surface area contributed by atoms with E-state index >= 15 is 0 Å². The summed E-state index contributed by atoms with van der Waals surface area (Å²) in [4.78, 5) is 10.9. The van der Waals surface area contributed by atoms with Gasteiger partial charge < -0.3 is 15.4 Å². The summed E-state index contributed by atoms with van der Waals surface area (Å²) in [5.41, 5.74) is 1.08. The lowest BCUT2D eigenvalue weighted by molar-refractivity contribution is -0.119. The number of rotatable bonds is 4. The molecule has 0 bridgehead atoms. The van der Waals surface area contributed by atoms with Gasteiger partial charge in [0.1, 0.15) is 11.9 Å². The first-order valence-electron chi connectivity index (χ1n) is 5.89. The first-order valence-corrected chi connectivity index (χ1v) is 5.89. The van der Waals surface area contributed by atoms with Crippen molar-refractivity contribution in [2.75, 3.05) is 13.1 Å². The number of amides is 1. The van der Waals surface area contributed by atoms with E-state index in [-0.39, 0.29) is 11.9 Å². The summed E-state index contributed by atoms with van der Waals surface area (Å²) in [7, 11) is 0. The SMILES string of the molecule is CC(=O)N[C@H](C)c1ccc(OC2CNC2)cc1. The van der Waals surface area contributed by atoms with Crippen LogP contribution < -0.4 is 15.4 Å². The van der Waals surface area contributed by atoms with Crippen LogP contribution in [-0.4, -0.2) is 25.1 Å². The topological polar surface area (TPSA) is 50.4 Å². The molecule has 4 nitrogen and oxygen atoms in total. The number of benzene rings is 1. The lowest BCUT2D eigenvalue weighted by atomic mass is 10.1. The molecule has 1 heterocycles. The third-order valence-corrected chi connectivity index (χ3v) is 2.85. The lowest BCUT2D eigenvalue weighted by Crippen LogP contribution is -2.50. The van der Waals surface area contributed by atoms with E-state index in [0.717, 1.165) is 24.4 Å². The predicted molar refractivity (Wildman–Crippen MR) is 66.0 cm³/mol. The van der Waals surface area contributed by atoms with E-state index in [0.29, 0.717) is 6.10 Å². The highest BCUT2D eigenvalue weighted by atomic mass is 16.5. The van der Waals surface area contributed by atoms with Crippen molar-refractivity contribution >= 4 is 5.91 Å². The van der Waals surface area contributed by atoms with Crippen molar-refractivity contribution in [2.24, 2.45) is 0 Å². The van der Waals surface area contributed by atoms with E-state index in [1.807, 2.05) is 31.2 Å². The minimum atomic E-state index is -0.0154. The maximum atomic E-state index is 10.9. The van der Waals surface area contributed by atoms with Gasteiger partial charge in [0.25, 0.3) is 0 Å². The molecule has 92 valence electrons. The molecule has 1 saturated heterocycles. The molecule has 1 fully saturated rings. The molecule has 0 aromatic heterocycles. The highest BCUT2D eigenvalue weighted by Crippen LogP contribution is 2.19. The highest BCUT2D eigenvalue weighted by molar-refractivity contribution is 5.73. The quantitative estimate of drug-likeness (QED) is 0.824. The summed E-state index contributed by atoms with van der Waals surface area (Å²) in [5.74, 6) is 0.869. The van der Waals surface area contributed by atoms with Crippen LogP contribution >= 0.6 is 0 Å². The first kappa shape index (κ1) is 11.9. The Hall–Kier alpha value is -1.55. The molecule has 0 radical (unpaired) electrons. The van der Waals surface area contributed by atoms with Crippen LogP contribution in [-0.2, 0) is 4.79 Å². The normalized spacial score (nSPS) is 17.1. The Kier molecular flexibility index (Phi) is 3.64. The molecule has 1 atom stereocenters. The van der Waals surface area contributed by atoms with E-state index in [1.165, 1.54) is 6.92 Å². The van der Waals surface area contributed by atoms with Crippen molar-refractivity contribution in [3.63, 3.8) is 0 Å². The van der Waals surface area contributed by atoms with Gasteiger partial charge in [-0.15, -0.1) is 0 Å². The van der Waals surface area contributed by atoms with E-state index < -0.39 is 0 Å². The summed E-state index contributed by atoms with van der Waals surface area (Å²) in [6.07, 6.45) is 0.300. The average molecular weight is 234 g/mol. The zero-order valence-corrected chi connectivity index (χ0v) is 10.2. The standard InChI is InChI=1S/C13H18N2O2/c1-9(15-10(2)16)11-3-5-12(6-4-11)17-13-7-14-8-13/h3-6,9,13-14H,7-8H2,1-2H3,(H,15,16)/t9-/m1/s1. The number of hydrogen-bond donors (Lipinski definition) is 2. The van der Waals surface area contributed by atoms with Crippen LogP contribution in [0.1, 0.15) is 25.5 Å². The monoisotopic (exact) mass is 234 g/mol. The fourth-order valence-corrected chi connectivity index (χ4v) is 1.76. The maximum absolute atomic E-state index is 10.9.